The highest BCUT2D eigenvalue weighted by Gasteiger charge is 2.24. The van der Waals surface area contributed by atoms with E-state index in [4.69, 9.17) is 11.6 Å². The number of benzene rings is 1. The average Bonchev–Trinajstić information content (AvgIpc) is 3.21. The van der Waals surface area contributed by atoms with Crippen LogP contribution >= 0.6 is 11.6 Å². The lowest BCUT2D eigenvalue weighted by Crippen LogP contribution is -2.06. The molecule has 7 heteroatoms. The third-order valence-corrected chi connectivity index (χ3v) is 3.60. The molecule has 106 valence electrons. The minimum atomic E-state index is 0.210. The van der Waals surface area contributed by atoms with Crippen LogP contribution in [0.4, 0.5) is 5.82 Å². The van der Waals surface area contributed by atoms with Gasteiger partial charge in [0.15, 0.2) is 17.0 Å². The third kappa shape index (κ3) is 2.54. The Bertz CT molecular complexity index is 781. The van der Waals surface area contributed by atoms with Crippen molar-refractivity contribution in [1.82, 2.24) is 25.0 Å². The van der Waals surface area contributed by atoms with E-state index >= 15 is 0 Å². The molecule has 0 atom stereocenters. The summed E-state index contributed by atoms with van der Waals surface area (Å²) in [4.78, 5) is 8.50. The first-order valence-electron chi connectivity index (χ1n) is 6.87. The molecular formula is C14H13ClN6. The molecule has 1 aromatic carbocycles. The second-order valence-electron chi connectivity index (χ2n) is 5.16. The van der Waals surface area contributed by atoms with Gasteiger partial charge in [-0.2, -0.15) is 9.97 Å². The molecule has 21 heavy (non-hydrogen) atoms. The van der Waals surface area contributed by atoms with E-state index in [-0.39, 0.29) is 5.28 Å². The van der Waals surface area contributed by atoms with Gasteiger partial charge in [-0.05, 0) is 30.0 Å². The number of aromatic nitrogens is 5. The number of nitrogens with zero attached hydrogens (tertiary/aromatic N) is 5. The number of nitrogens with one attached hydrogen (secondary N) is 1. The predicted molar refractivity (Wildman–Crippen MR) is 80.3 cm³/mol. The second kappa shape index (κ2) is 4.96. The minimum Gasteiger partial charge on any atom is -0.365 e. The van der Waals surface area contributed by atoms with Gasteiger partial charge in [-0.1, -0.05) is 35.5 Å². The fraction of sp³-hybridized carbons (Fsp3) is 0.286. The zero-order valence-corrected chi connectivity index (χ0v) is 12.0. The molecule has 4 rings (SSSR count). The van der Waals surface area contributed by atoms with Crippen LogP contribution in [0.5, 0.6) is 0 Å². The van der Waals surface area contributed by atoms with Crippen LogP contribution in [-0.4, -0.2) is 31.0 Å². The van der Waals surface area contributed by atoms with Crippen molar-refractivity contribution in [1.29, 1.82) is 0 Å². The smallest absolute Gasteiger partial charge is 0.226 e. The van der Waals surface area contributed by atoms with Gasteiger partial charge >= 0.3 is 0 Å². The average molecular weight is 301 g/mol. The molecule has 1 aliphatic rings. The maximum absolute atomic E-state index is 6.03. The van der Waals surface area contributed by atoms with Crippen LogP contribution < -0.4 is 5.32 Å². The summed E-state index contributed by atoms with van der Waals surface area (Å²) in [6.07, 6.45) is 2.31. The predicted octanol–water partition coefficient (Wildman–Crippen LogP) is 2.50. The number of hydrogen-bond acceptors (Lipinski definition) is 5. The Labute approximate surface area is 126 Å². The Morgan fingerprint density at radius 2 is 2.00 bits per heavy atom. The number of anilines is 1. The molecule has 2 aromatic heterocycles. The summed E-state index contributed by atoms with van der Waals surface area (Å²) in [7, 11) is 0. The lowest BCUT2D eigenvalue weighted by molar-refractivity contribution is 0.664. The molecule has 1 saturated carbocycles. The first-order chi connectivity index (χ1) is 10.3. The summed E-state index contributed by atoms with van der Waals surface area (Å²) in [5.74, 6) is 0.673. The van der Waals surface area contributed by atoms with Crippen LogP contribution in [0.2, 0.25) is 5.28 Å². The standard InChI is InChI=1S/C14H13ClN6/c15-14-17-12(16-10-6-7-10)11-13(18-14)21(20-19-11)8-9-4-2-1-3-5-9/h1-5,10H,6-8H2,(H,16,17,18). The van der Waals surface area contributed by atoms with E-state index in [0.717, 1.165) is 18.4 Å². The van der Waals surface area contributed by atoms with Crippen LogP contribution in [0.25, 0.3) is 11.2 Å². The molecular weight excluding hydrogens is 288 g/mol. The molecule has 0 spiro atoms. The van der Waals surface area contributed by atoms with Crippen molar-refractivity contribution in [2.45, 2.75) is 25.4 Å². The Kier molecular flexibility index (Phi) is 2.96. The lowest BCUT2D eigenvalue weighted by atomic mass is 10.2. The highest BCUT2D eigenvalue weighted by atomic mass is 35.5. The highest BCUT2D eigenvalue weighted by molar-refractivity contribution is 6.28. The largest absolute Gasteiger partial charge is 0.365 e. The molecule has 0 saturated heterocycles. The number of halogens is 1. The molecule has 1 fully saturated rings. The van der Waals surface area contributed by atoms with Crippen molar-refractivity contribution in [3.05, 3.63) is 41.2 Å². The van der Waals surface area contributed by atoms with Gasteiger partial charge in [-0.15, -0.1) is 5.10 Å². The molecule has 6 nitrogen and oxygen atoms in total. The molecule has 0 amide bonds. The van der Waals surface area contributed by atoms with E-state index in [2.05, 4.69) is 25.6 Å². The Balaban J connectivity index is 1.74. The van der Waals surface area contributed by atoms with Crippen LogP contribution in [-0.2, 0) is 6.54 Å². The molecule has 1 aliphatic carbocycles. The van der Waals surface area contributed by atoms with Crippen molar-refractivity contribution in [3.63, 3.8) is 0 Å². The molecule has 0 bridgehead atoms. The van der Waals surface area contributed by atoms with Gasteiger partial charge < -0.3 is 5.32 Å². The van der Waals surface area contributed by atoms with Gasteiger partial charge in [-0.25, -0.2) is 4.68 Å². The molecule has 0 unspecified atom stereocenters. The van der Waals surface area contributed by atoms with Crippen LogP contribution in [0.15, 0.2) is 30.3 Å². The third-order valence-electron chi connectivity index (χ3n) is 3.43. The van der Waals surface area contributed by atoms with Crippen LogP contribution in [0.1, 0.15) is 18.4 Å². The summed E-state index contributed by atoms with van der Waals surface area (Å²) in [6.45, 7) is 0.605. The first kappa shape index (κ1) is 12.5. The lowest BCUT2D eigenvalue weighted by Gasteiger charge is -2.05. The zero-order valence-electron chi connectivity index (χ0n) is 11.2. The Morgan fingerprint density at radius 1 is 1.19 bits per heavy atom. The zero-order chi connectivity index (χ0) is 14.2. The van der Waals surface area contributed by atoms with Gasteiger partial charge in [0.2, 0.25) is 5.28 Å². The first-order valence-corrected chi connectivity index (χ1v) is 7.24. The Hall–Kier alpha value is -2.21. The molecule has 2 heterocycles. The number of hydrogen-bond donors (Lipinski definition) is 1. The normalized spacial score (nSPS) is 14.5. The van der Waals surface area contributed by atoms with Gasteiger partial charge in [0.1, 0.15) is 0 Å². The summed E-state index contributed by atoms with van der Waals surface area (Å²) >= 11 is 6.03. The van der Waals surface area contributed by atoms with Gasteiger partial charge in [-0.3, -0.25) is 0 Å². The van der Waals surface area contributed by atoms with E-state index in [9.17, 15) is 0 Å². The maximum atomic E-state index is 6.03. The summed E-state index contributed by atoms with van der Waals surface area (Å²) in [5, 5.41) is 11.9. The van der Waals surface area contributed by atoms with Crippen LogP contribution in [0, 0.1) is 0 Å². The van der Waals surface area contributed by atoms with E-state index in [1.165, 1.54) is 0 Å². The minimum absolute atomic E-state index is 0.210. The van der Waals surface area contributed by atoms with Gasteiger partial charge in [0.05, 0.1) is 6.54 Å². The van der Waals surface area contributed by atoms with Gasteiger partial charge in [0.25, 0.3) is 0 Å². The number of fused-ring (bicyclic) bond motifs is 1. The topological polar surface area (TPSA) is 68.5 Å². The summed E-state index contributed by atoms with van der Waals surface area (Å²) < 4.78 is 1.75. The van der Waals surface area contributed by atoms with Crippen molar-refractivity contribution in [2.24, 2.45) is 0 Å². The monoisotopic (exact) mass is 300 g/mol. The van der Waals surface area contributed by atoms with Crippen molar-refractivity contribution in [2.75, 3.05) is 5.32 Å². The maximum Gasteiger partial charge on any atom is 0.226 e. The van der Waals surface area contributed by atoms with Crippen LogP contribution in [0.3, 0.4) is 0 Å². The fourth-order valence-corrected chi connectivity index (χ4v) is 2.38. The van der Waals surface area contributed by atoms with Crippen molar-refractivity contribution < 1.29 is 0 Å². The van der Waals surface area contributed by atoms with E-state index in [1.807, 2.05) is 30.3 Å². The quantitative estimate of drug-likeness (QED) is 0.750. The summed E-state index contributed by atoms with van der Waals surface area (Å²) in [5.41, 5.74) is 2.46. The highest BCUT2D eigenvalue weighted by Crippen LogP contribution is 2.27. The molecule has 0 aliphatic heterocycles. The van der Waals surface area contributed by atoms with Crippen molar-refractivity contribution >= 4 is 28.6 Å². The molecule has 0 radical (unpaired) electrons. The fourth-order valence-electron chi connectivity index (χ4n) is 2.21. The Morgan fingerprint density at radius 3 is 2.76 bits per heavy atom. The van der Waals surface area contributed by atoms with Crippen molar-refractivity contribution in [3.8, 4) is 0 Å². The van der Waals surface area contributed by atoms with E-state index in [1.54, 1.807) is 4.68 Å². The number of rotatable bonds is 4. The molecule has 3 aromatic rings. The summed E-state index contributed by atoms with van der Waals surface area (Å²) in [6, 6.07) is 10.5. The molecule has 1 N–H and O–H groups in total. The van der Waals surface area contributed by atoms with E-state index < -0.39 is 0 Å². The SMILES string of the molecule is Clc1nc(NC2CC2)c2nnn(Cc3ccccc3)c2n1. The second-order valence-corrected chi connectivity index (χ2v) is 5.50. The van der Waals surface area contributed by atoms with Gasteiger partial charge in [0, 0.05) is 6.04 Å². The van der Waals surface area contributed by atoms with E-state index in [0.29, 0.717) is 29.6 Å².